The summed E-state index contributed by atoms with van der Waals surface area (Å²) in [6.45, 7) is 6.75. The van der Waals surface area contributed by atoms with Crippen LogP contribution in [-0.4, -0.2) is 16.5 Å². The van der Waals surface area contributed by atoms with Crippen molar-refractivity contribution < 1.29 is 0 Å². The lowest BCUT2D eigenvalue weighted by molar-refractivity contribution is 0.545. The molecule has 0 aliphatic heterocycles. The summed E-state index contributed by atoms with van der Waals surface area (Å²) in [4.78, 5) is 8.56. The Balaban J connectivity index is 3.01. The summed E-state index contributed by atoms with van der Waals surface area (Å²) >= 11 is 0. The highest BCUT2D eigenvalue weighted by molar-refractivity contribution is 5.38. The first-order valence-electron chi connectivity index (χ1n) is 4.77. The Hall–Kier alpha value is -1.16. The van der Waals surface area contributed by atoms with Gasteiger partial charge in [-0.2, -0.15) is 0 Å². The normalized spacial score (nSPS) is 11.7. The maximum atomic E-state index is 5.80. The van der Waals surface area contributed by atoms with E-state index in [-0.39, 0.29) is 5.41 Å². The van der Waals surface area contributed by atoms with Gasteiger partial charge in [0.2, 0.25) is 0 Å². The van der Waals surface area contributed by atoms with Gasteiger partial charge in [-0.05, 0) is 13.0 Å². The predicted molar refractivity (Wildman–Crippen MR) is 57.9 cm³/mol. The van der Waals surface area contributed by atoms with Crippen molar-refractivity contribution in [2.75, 3.05) is 12.3 Å². The average Bonchev–Trinajstić information content (AvgIpc) is 2.07. The second-order valence-corrected chi connectivity index (χ2v) is 4.39. The molecule has 1 aromatic heterocycles. The van der Waals surface area contributed by atoms with Crippen molar-refractivity contribution in [1.82, 2.24) is 9.97 Å². The van der Waals surface area contributed by atoms with Crippen LogP contribution in [0.5, 0.6) is 0 Å². The minimum atomic E-state index is -0.0602. The van der Waals surface area contributed by atoms with Gasteiger partial charge in [0.05, 0.1) is 0 Å². The quantitative estimate of drug-likeness (QED) is 0.732. The van der Waals surface area contributed by atoms with Gasteiger partial charge in [0.15, 0.2) is 0 Å². The fourth-order valence-corrected chi connectivity index (χ4v) is 1.13. The molecule has 1 aromatic rings. The Morgan fingerprint density at radius 2 is 2.00 bits per heavy atom. The topological polar surface area (TPSA) is 77.8 Å². The SMILES string of the molecule is CC(C)(C)c1ncc(CCN)c(N)n1. The van der Waals surface area contributed by atoms with Crippen molar-refractivity contribution in [3.05, 3.63) is 17.6 Å². The molecular formula is C10H18N4. The van der Waals surface area contributed by atoms with E-state index in [1.807, 2.05) is 0 Å². The van der Waals surface area contributed by atoms with Gasteiger partial charge >= 0.3 is 0 Å². The number of nitrogens with two attached hydrogens (primary N) is 2. The van der Waals surface area contributed by atoms with E-state index >= 15 is 0 Å². The second-order valence-electron chi connectivity index (χ2n) is 4.39. The molecule has 14 heavy (non-hydrogen) atoms. The minimum Gasteiger partial charge on any atom is -0.383 e. The number of hydrogen-bond acceptors (Lipinski definition) is 4. The number of hydrogen-bond donors (Lipinski definition) is 2. The Kier molecular flexibility index (Phi) is 3.06. The van der Waals surface area contributed by atoms with Crippen LogP contribution in [-0.2, 0) is 11.8 Å². The third-order valence-corrected chi connectivity index (χ3v) is 1.98. The van der Waals surface area contributed by atoms with Gasteiger partial charge in [0.1, 0.15) is 11.6 Å². The molecule has 0 unspecified atom stereocenters. The third-order valence-electron chi connectivity index (χ3n) is 1.98. The molecule has 1 heterocycles. The molecule has 4 nitrogen and oxygen atoms in total. The van der Waals surface area contributed by atoms with Gasteiger partial charge in [-0.3, -0.25) is 0 Å². The maximum Gasteiger partial charge on any atom is 0.135 e. The standard InChI is InChI=1S/C10H18N4/c1-10(2,3)9-13-6-7(4-5-11)8(12)14-9/h6H,4-5,11H2,1-3H3,(H2,12,13,14). The molecule has 0 atom stereocenters. The van der Waals surface area contributed by atoms with Crippen LogP contribution in [0, 0.1) is 0 Å². The summed E-state index contributed by atoms with van der Waals surface area (Å²) in [6, 6.07) is 0. The van der Waals surface area contributed by atoms with Crippen LogP contribution in [0.25, 0.3) is 0 Å². The third kappa shape index (κ3) is 2.42. The minimum absolute atomic E-state index is 0.0602. The van der Waals surface area contributed by atoms with E-state index in [0.717, 1.165) is 17.8 Å². The summed E-state index contributed by atoms with van der Waals surface area (Å²) in [5.41, 5.74) is 12.1. The Labute approximate surface area is 84.7 Å². The summed E-state index contributed by atoms with van der Waals surface area (Å²) in [5, 5.41) is 0. The van der Waals surface area contributed by atoms with E-state index in [4.69, 9.17) is 11.5 Å². The highest BCUT2D eigenvalue weighted by Gasteiger charge is 2.17. The van der Waals surface area contributed by atoms with Crippen molar-refractivity contribution in [2.24, 2.45) is 5.73 Å². The van der Waals surface area contributed by atoms with E-state index < -0.39 is 0 Å². The van der Waals surface area contributed by atoms with E-state index in [2.05, 4.69) is 30.7 Å². The van der Waals surface area contributed by atoms with Crippen molar-refractivity contribution in [1.29, 1.82) is 0 Å². The molecule has 0 amide bonds. The Bertz CT molecular complexity index is 314. The summed E-state index contributed by atoms with van der Waals surface area (Å²) < 4.78 is 0. The molecule has 0 radical (unpaired) electrons. The zero-order valence-corrected chi connectivity index (χ0v) is 9.04. The summed E-state index contributed by atoms with van der Waals surface area (Å²) in [7, 11) is 0. The van der Waals surface area contributed by atoms with Gasteiger partial charge in [-0.15, -0.1) is 0 Å². The molecule has 4 heteroatoms. The molecule has 0 aromatic carbocycles. The largest absolute Gasteiger partial charge is 0.383 e. The molecular weight excluding hydrogens is 176 g/mol. The van der Waals surface area contributed by atoms with Crippen LogP contribution >= 0.6 is 0 Å². The zero-order valence-electron chi connectivity index (χ0n) is 9.04. The molecule has 0 saturated carbocycles. The predicted octanol–water partition coefficient (Wildman–Crippen LogP) is 0.858. The van der Waals surface area contributed by atoms with Crippen LogP contribution in [0.3, 0.4) is 0 Å². The van der Waals surface area contributed by atoms with Gasteiger partial charge in [0, 0.05) is 17.2 Å². The number of anilines is 1. The molecule has 78 valence electrons. The van der Waals surface area contributed by atoms with Crippen LogP contribution in [0.15, 0.2) is 6.20 Å². The number of nitrogen functional groups attached to an aromatic ring is 1. The molecule has 0 aliphatic rings. The summed E-state index contributed by atoms with van der Waals surface area (Å²) in [6.07, 6.45) is 2.51. The lowest BCUT2D eigenvalue weighted by Gasteiger charge is -2.17. The smallest absolute Gasteiger partial charge is 0.135 e. The molecule has 0 saturated heterocycles. The van der Waals surface area contributed by atoms with E-state index in [0.29, 0.717) is 12.4 Å². The van der Waals surface area contributed by atoms with Crippen molar-refractivity contribution in [3.63, 3.8) is 0 Å². The molecule has 0 fully saturated rings. The number of rotatable bonds is 2. The second kappa shape index (κ2) is 3.92. The Morgan fingerprint density at radius 1 is 1.36 bits per heavy atom. The molecule has 0 spiro atoms. The van der Waals surface area contributed by atoms with E-state index in [9.17, 15) is 0 Å². The van der Waals surface area contributed by atoms with Crippen molar-refractivity contribution in [3.8, 4) is 0 Å². The van der Waals surface area contributed by atoms with Crippen molar-refractivity contribution >= 4 is 5.82 Å². The first-order chi connectivity index (χ1) is 6.45. The van der Waals surface area contributed by atoms with Crippen LogP contribution in [0.1, 0.15) is 32.2 Å². The van der Waals surface area contributed by atoms with Gasteiger partial charge in [-0.1, -0.05) is 20.8 Å². The molecule has 1 rings (SSSR count). The highest BCUT2D eigenvalue weighted by atomic mass is 15.0. The van der Waals surface area contributed by atoms with Crippen LogP contribution in [0.4, 0.5) is 5.82 Å². The highest BCUT2D eigenvalue weighted by Crippen LogP contribution is 2.19. The van der Waals surface area contributed by atoms with Gasteiger partial charge < -0.3 is 11.5 Å². The molecule has 0 bridgehead atoms. The van der Waals surface area contributed by atoms with Crippen LogP contribution in [0.2, 0.25) is 0 Å². The molecule has 0 aliphatic carbocycles. The first kappa shape index (κ1) is 10.9. The van der Waals surface area contributed by atoms with Crippen LogP contribution < -0.4 is 11.5 Å². The average molecular weight is 194 g/mol. The lowest BCUT2D eigenvalue weighted by atomic mass is 9.95. The van der Waals surface area contributed by atoms with E-state index in [1.54, 1.807) is 6.20 Å². The van der Waals surface area contributed by atoms with Gasteiger partial charge in [-0.25, -0.2) is 9.97 Å². The fraction of sp³-hybridized carbons (Fsp3) is 0.600. The summed E-state index contributed by atoms with van der Waals surface area (Å²) in [5.74, 6) is 1.33. The first-order valence-corrected chi connectivity index (χ1v) is 4.77. The monoisotopic (exact) mass is 194 g/mol. The van der Waals surface area contributed by atoms with E-state index in [1.165, 1.54) is 0 Å². The zero-order chi connectivity index (χ0) is 10.8. The fourth-order valence-electron chi connectivity index (χ4n) is 1.13. The van der Waals surface area contributed by atoms with Crippen molar-refractivity contribution in [2.45, 2.75) is 32.6 Å². The molecule has 4 N–H and O–H groups in total. The lowest BCUT2D eigenvalue weighted by Crippen LogP contribution is -2.18. The van der Waals surface area contributed by atoms with Gasteiger partial charge in [0.25, 0.3) is 0 Å². The number of nitrogens with zero attached hydrogens (tertiary/aromatic N) is 2. The Morgan fingerprint density at radius 3 is 2.43 bits per heavy atom. The maximum absolute atomic E-state index is 5.80. The number of aromatic nitrogens is 2.